The van der Waals surface area contributed by atoms with Crippen LogP contribution in [0, 0.1) is 5.92 Å². The van der Waals surface area contributed by atoms with Gasteiger partial charge in [-0.3, -0.25) is 4.99 Å². The van der Waals surface area contributed by atoms with E-state index in [0.29, 0.717) is 0 Å². The third-order valence-corrected chi connectivity index (χ3v) is 4.15. The lowest BCUT2D eigenvalue weighted by atomic mass is 9.99. The van der Waals surface area contributed by atoms with Gasteiger partial charge in [0, 0.05) is 45.6 Å². The summed E-state index contributed by atoms with van der Waals surface area (Å²) in [7, 11) is 1.83. The van der Waals surface area contributed by atoms with Crippen LogP contribution in [0.3, 0.4) is 0 Å². The summed E-state index contributed by atoms with van der Waals surface area (Å²) < 4.78 is 2.16. The second-order valence-electron chi connectivity index (χ2n) is 5.87. The Morgan fingerprint density at radius 3 is 2.33 bits per heavy atom. The summed E-state index contributed by atoms with van der Waals surface area (Å²) in [6.45, 7) is 8.73. The molecule has 1 saturated heterocycles. The number of hydrogen-bond donors (Lipinski definition) is 2. The second kappa shape index (κ2) is 8.72. The van der Waals surface area contributed by atoms with Crippen LogP contribution >= 0.6 is 0 Å². The third kappa shape index (κ3) is 5.79. The van der Waals surface area contributed by atoms with Gasteiger partial charge in [-0.25, -0.2) is 0 Å². The Bertz CT molecular complexity index is 404. The quantitative estimate of drug-likeness (QED) is 0.615. The lowest BCUT2D eigenvalue weighted by Crippen LogP contribution is -2.43. The molecule has 0 radical (unpaired) electrons. The number of piperidine rings is 1. The van der Waals surface area contributed by atoms with Crippen LogP contribution in [0.1, 0.15) is 19.8 Å². The zero-order chi connectivity index (χ0) is 14.9. The molecule has 5 heteroatoms. The summed E-state index contributed by atoms with van der Waals surface area (Å²) in [5, 5.41) is 6.75. The fraction of sp³-hybridized carbons (Fsp3) is 0.688. The van der Waals surface area contributed by atoms with Crippen LogP contribution in [0.25, 0.3) is 0 Å². The lowest BCUT2D eigenvalue weighted by molar-refractivity contribution is 0.195. The van der Waals surface area contributed by atoms with Gasteiger partial charge in [0.25, 0.3) is 0 Å². The van der Waals surface area contributed by atoms with Crippen molar-refractivity contribution in [3.63, 3.8) is 0 Å². The second-order valence-corrected chi connectivity index (χ2v) is 5.87. The summed E-state index contributed by atoms with van der Waals surface area (Å²) in [6, 6.07) is 4.10. The molecular weight excluding hydrogens is 262 g/mol. The van der Waals surface area contributed by atoms with Crippen LogP contribution in [-0.4, -0.2) is 55.2 Å². The smallest absolute Gasteiger partial charge is 0.191 e. The van der Waals surface area contributed by atoms with Crippen LogP contribution in [0.4, 0.5) is 0 Å². The predicted octanol–water partition coefficient (Wildman–Crippen LogP) is 1.39. The van der Waals surface area contributed by atoms with E-state index in [9.17, 15) is 0 Å². The first-order valence-corrected chi connectivity index (χ1v) is 8.05. The molecule has 5 nitrogen and oxygen atoms in total. The van der Waals surface area contributed by atoms with Gasteiger partial charge in [0.15, 0.2) is 5.96 Å². The van der Waals surface area contributed by atoms with Gasteiger partial charge in [-0.05, 0) is 44.0 Å². The molecule has 2 N–H and O–H groups in total. The molecule has 2 heterocycles. The van der Waals surface area contributed by atoms with Crippen molar-refractivity contribution < 1.29 is 0 Å². The fourth-order valence-corrected chi connectivity index (χ4v) is 2.66. The van der Waals surface area contributed by atoms with Crippen molar-refractivity contribution in [2.24, 2.45) is 10.9 Å². The molecule has 1 aromatic heterocycles. The zero-order valence-corrected chi connectivity index (χ0v) is 13.4. The number of aliphatic imine (C=N–C) groups is 1. The van der Waals surface area contributed by atoms with Crippen molar-refractivity contribution in [3.8, 4) is 0 Å². The first kappa shape index (κ1) is 15.9. The molecule has 0 saturated carbocycles. The van der Waals surface area contributed by atoms with Crippen LogP contribution < -0.4 is 10.6 Å². The highest BCUT2D eigenvalue weighted by Crippen LogP contribution is 2.14. The van der Waals surface area contributed by atoms with Crippen molar-refractivity contribution in [3.05, 3.63) is 24.5 Å². The van der Waals surface area contributed by atoms with Gasteiger partial charge in [0.2, 0.25) is 0 Å². The van der Waals surface area contributed by atoms with E-state index in [2.05, 4.69) is 44.4 Å². The van der Waals surface area contributed by atoms with Crippen LogP contribution in [-0.2, 0) is 6.54 Å². The average Bonchev–Trinajstić information content (AvgIpc) is 3.01. The Morgan fingerprint density at radius 1 is 1.10 bits per heavy atom. The normalized spacial score (nSPS) is 17.9. The van der Waals surface area contributed by atoms with E-state index in [4.69, 9.17) is 0 Å². The van der Waals surface area contributed by atoms with E-state index in [1.54, 1.807) is 0 Å². The highest BCUT2D eigenvalue weighted by molar-refractivity contribution is 5.79. The highest BCUT2D eigenvalue weighted by Gasteiger charge is 2.14. The predicted molar refractivity (Wildman–Crippen MR) is 88.6 cm³/mol. The van der Waals surface area contributed by atoms with Crippen LogP contribution in [0.2, 0.25) is 0 Å². The summed E-state index contributed by atoms with van der Waals surface area (Å²) in [4.78, 5) is 6.81. The van der Waals surface area contributed by atoms with Gasteiger partial charge in [-0.15, -0.1) is 0 Å². The van der Waals surface area contributed by atoms with Gasteiger partial charge < -0.3 is 20.1 Å². The van der Waals surface area contributed by atoms with E-state index in [0.717, 1.165) is 38.1 Å². The van der Waals surface area contributed by atoms with Gasteiger partial charge >= 0.3 is 0 Å². The van der Waals surface area contributed by atoms with Crippen molar-refractivity contribution in [2.45, 2.75) is 26.3 Å². The molecule has 1 fully saturated rings. The summed E-state index contributed by atoms with van der Waals surface area (Å²) in [5.74, 6) is 1.80. The standard InChI is InChI=1S/C16H29N5/c1-15-5-11-21(12-6-15)14-8-19-16(17-2)18-7-13-20-9-3-4-10-20/h3-4,9-10,15H,5-8,11-14H2,1-2H3,(H2,17,18,19). The van der Waals surface area contributed by atoms with Crippen LogP contribution in [0.15, 0.2) is 29.5 Å². The molecule has 1 aliphatic heterocycles. The van der Waals surface area contributed by atoms with Crippen molar-refractivity contribution >= 4 is 5.96 Å². The molecule has 21 heavy (non-hydrogen) atoms. The van der Waals surface area contributed by atoms with Gasteiger partial charge in [0.05, 0.1) is 0 Å². The zero-order valence-electron chi connectivity index (χ0n) is 13.4. The maximum atomic E-state index is 4.27. The summed E-state index contributed by atoms with van der Waals surface area (Å²) in [5.41, 5.74) is 0. The summed E-state index contributed by atoms with van der Waals surface area (Å²) >= 11 is 0. The highest BCUT2D eigenvalue weighted by atomic mass is 15.2. The van der Waals surface area contributed by atoms with E-state index < -0.39 is 0 Å². The molecule has 0 spiro atoms. The number of nitrogens with one attached hydrogen (secondary N) is 2. The van der Waals surface area contributed by atoms with Crippen molar-refractivity contribution in [1.82, 2.24) is 20.1 Å². The lowest BCUT2D eigenvalue weighted by Gasteiger charge is -2.30. The molecule has 0 bridgehead atoms. The summed E-state index contributed by atoms with van der Waals surface area (Å²) in [6.07, 6.45) is 6.83. The number of rotatable bonds is 6. The number of likely N-dealkylation sites (tertiary alicyclic amines) is 1. The first-order valence-electron chi connectivity index (χ1n) is 8.05. The average molecular weight is 291 g/mol. The molecule has 1 aromatic rings. The van der Waals surface area contributed by atoms with E-state index >= 15 is 0 Å². The fourth-order valence-electron chi connectivity index (χ4n) is 2.66. The third-order valence-electron chi connectivity index (χ3n) is 4.15. The molecular formula is C16H29N5. The van der Waals surface area contributed by atoms with E-state index in [1.807, 2.05) is 19.2 Å². The SMILES string of the molecule is CN=C(NCCN1CCC(C)CC1)NCCn1cccc1. The Labute approximate surface area is 128 Å². The molecule has 118 valence electrons. The maximum absolute atomic E-state index is 4.27. The Morgan fingerprint density at radius 2 is 1.71 bits per heavy atom. The van der Waals surface area contributed by atoms with Crippen molar-refractivity contribution in [1.29, 1.82) is 0 Å². The van der Waals surface area contributed by atoms with Crippen LogP contribution in [0.5, 0.6) is 0 Å². The topological polar surface area (TPSA) is 44.6 Å². The van der Waals surface area contributed by atoms with E-state index in [-0.39, 0.29) is 0 Å². The number of guanidine groups is 1. The minimum absolute atomic E-state index is 0.885. The molecule has 0 aromatic carbocycles. The number of aromatic nitrogens is 1. The Kier molecular flexibility index (Phi) is 6.60. The molecule has 0 aliphatic carbocycles. The molecule has 0 unspecified atom stereocenters. The monoisotopic (exact) mass is 291 g/mol. The van der Waals surface area contributed by atoms with Gasteiger partial charge in [-0.1, -0.05) is 6.92 Å². The molecule has 0 atom stereocenters. The van der Waals surface area contributed by atoms with Crippen molar-refractivity contribution in [2.75, 3.05) is 39.8 Å². The Balaban J connectivity index is 1.57. The molecule has 0 amide bonds. The molecule has 2 rings (SSSR count). The maximum Gasteiger partial charge on any atom is 0.191 e. The number of nitrogens with zero attached hydrogens (tertiary/aromatic N) is 3. The first-order chi connectivity index (χ1) is 10.3. The minimum Gasteiger partial charge on any atom is -0.355 e. The van der Waals surface area contributed by atoms with Gasteiger partial charge in [0.1, 0.15) is 0 Å². The minimum atomic E-state index is 0.885. The largest absolute Gasteiger partial charge is 0.355 e. The Hall–Kier alpha value is -1.49. The van der Waals surface area contributed by atoms with E-state index in [1.165, 1.54) is 25.9 Å². The molecule has 1 aliphatic rings. The number of hydrogen-bond acceptors (Lipinski definition) is 2. The van der Waals surface area contributed by atoms with Gasteiger partial charge in [-0.2, -0.15) is 0 Å².